The summed E-state index contributed by atoms with van der Waals surface area (Å²) in [4.78, 5) is 0. The zero-order valence-corrected chi connectivity index (χ0v) is 10.1. The van der Waals surface area contributed by atoms with E-state index in [1.54, 1.807) is 0 Å². The number of anilines is 1. The third-order valence-electron chi connectivity index (χ3n) is 2.75. The van der Waals surface area contributed by atoms with Crippen LogP contribution in [-0.2, 0) is 0 Å². The molecule has 0 atom stereocenters. The summed E-state index contributed by atoms with van der Waals surface area (Å²) in [6.07, 6.45) is 3.42. The van der Waals surface area contributed by atoms with Crippen LogP contribution in [-0.4, -0.2) is 26.3 Å². The summed E-state index contributed by atoms with van der Waals surface area (Å²) < 4.78 is 11.0. The standard InChI is InChI=1S/C13H20N2O2/c14-6-2-1-3-7-15-11-4-5-12-13(10-11)17-9-8-16-12/h4-5,10,15H,1-3,6-9,14H2. The summed E-state index contributed by atoms with van der Waals surface area (Å²) in [5.41, 5.74) is 6.53. The maximum Gasteiger partial charge on any atom is 0.163 e. The summed E-state index contributed by atoms with van der Waals surface area (Å²) in [5, 5.41) is 3.38. The van der Waals surface area contributed by atoms with Crippen molar-refractivity contribution in [2.75, 3.05) is 31.6 Å². The quantitative estimate of drug-likeness (QED) is 0.742. The molecule has 1 aliphatic rings. The van der Waals surface area contributed by atoms with Gasteiger partial charge in [-0.2, -0.15) is 0 Å². The highest BCUT2D eigenvalue weighted by atomic mass is 16.6. The van der Waals surface area contributed by atoms with Gasteiger partial charge in [-0.1, -0.05) is 6.42 Å². The fraction of sp³-hybridized carbons (Fsp3) is 0.538. The molecule has 1 aromatic carbocycles. The van der Waals surface area contributed by atoms with Gasteiger partial charge in [0.05, 0.1) is 0 Å². The fourth-order valence-electron chi connectivity index (χ4n) is 1.83. The fourth-order valence-corrected chi connectivity index (χ4v) is 1.83. The number of ether oxygens (including phenoxy) is 2. The van der Waals surface area contributed by atoms with Crippen LogP contribution in [0.25, 0.3) is 0 Å². The molecule has 1 aromatic rings. The van der Waals surface area contributed by atoms with Gasteiger partial charge in [0.2, 0.25) is 0 Å². The minimum atomic E-state index is 0.632. The number of nitrogens with two attached hydrogens (primary N) is 1. The van der Waals surface area contributed by atoms with Crippen LogP contribution in [0.15, 0.2) is 18.2 Å². The highest BCUT2D eigenvalue weighted by Gasteiger charge is 2.11. The Labute approximate surface area is 102 Å². The highest BCUT2D eigenvalue weighted by Crippen LogP contribution is 2.32. The molecule has 0 radical (unpaired) electrons. The molecule has 0 saturated carbocycles. The van der Waals surface area contributed by atoms with Crippen molar-refractivity contribution < 1.29 is 9.47 Å². The van der Waals surface area contributed by atoms with E-state index in [0.29, 0.717) is 13.2 Å². The number of hydrogen-bond donors (Lipinski definition) is 2. The van der Waals surface area contributed by atoms with Gasteiger partial charge in [0.25, 0.3) is 0 Å². The van der Waals surface area contributed by atoms with Crippen LogP contribution in [0, 0.1) is 0 Å². The van der Waals surface area contributed by atoms with Crippen molar-refractivity contribution in [1.82, 2.24) is 0 Å². The Morgan fingerprint density at radius 3 is 2.71 bits per heavy atom. The van der Waals surface area contributed by atoms with Crippen molar-refractivity contribution in [2.45, 2.75) is 19.3 Å². The Balaban J connectivity index is 1.81. The SMILES string of the molecule is NCCCCCNc1ccc2c(c1)OCCO2. The van der Waals surface area contributed by atoms with Crippen molar-refractivity contribution in [3.05, 3.63) is 18.2 Å². The van der Waals surface area contributed by atoms with Crippen LogP contribution in [0.1, 0.15) is 19.3 Å². The van der Waals surface area contributed by atoms with E-state index in [2.05, 4.69) is 5.32 Å². The van der Waals surface area contributed by atoms with Gasteiger partial charge in [0.15, 0.2) is 11.5 Å². The minimum Gasteiger partial charge on any atom is -0.486 e. The van der Waals surface area contributed by atoms with Crippen molar-refractivity contribution in [2.24, 2.45) is 5.73 Å². The monoisotopic (exact) mass is 236 g/mol. The van der Waals surface area contributed by atoms with Gasteiger partial charge in [0.1, 0.15) is 13.2 Å². The van der Waals surface area contributed by atoms with Crippen molar-refractivity contribution in [3.8, 4) is 11.5 Å². The van der Waals surface area contributed by atoms with Gasteiger partial charge in [-0.15, -0.1) is 0 Å². The molecule has 17 heavy (non-hydrogen) atoms. The Kier molecular flexibility index (Phi) is 4.50. The van der Waals surface area contributed by atoms with E-state index in [9.17, 15) is 0 Å². The second kappa shape index (κ2) is 6.35. The third kappa shape index (κ3) is 3.53. The molecule has 3 N–H and O–H groups in total. The minimum absolute atomic E-state index is 0.632. The van der Waals surface area contributed by atoms with Crippen molar-refractivity contribution in [3.63, 3.8) is 0 Å². The molecule has 0 amide bonds. The predicted molar refractivity (Wildman–Crippen MR) is 68.8 cm³/mol. The molecule has 1 heterocycles. The number of unbranched alkanes of at least 4 members (excludes halogenated alkanes) is 2. The van der Waals surface area contributed by atoms with Gasteiger partial charge in [-0.3, -0.25) is 0 Å². The molecular formula is C13H20N2O2. The maximum absolute atomic E-state index is 5.53. The smallest absolute Gasteiger partial charge is 0.163 e. The normalized spacial score (nSPS) is 13.5. The highest BCUT2D eigenvalue weighted by molar-refractivity contribution is 5.55. The predicted octanol–water partition coefficient (Wildman–Crippen LogP) is 2.00. The second-order valence-electron chi connectivity index (χ2n) is 4.13. The Hall–Kier alpha value is -1.42. The van der Waals surface area contributed by atoms with Gasteiger partial charge in [-0.25, -0.2) is 0 Å². The molecule has 0 fully saturated rings. The van der Waals surface area contributed by atoms with E-state index < -0.39 is 0 Å². The Bertz CT molecular complexity index is 355. The van der Waals surface area contributed by atoms with Crippen molar-refractivity contribution in [1.29, 1.82) is 0 Å². The molecule has 0 aliphatic carbocycles. The molecule has 94 valence electrons. The maximum atomic E-state index is 5.53. The lowest BCUT2D eigenvalue weighted by molar-refractivity contribution is 0.171. The van der Waals surface area contributed by atoms with E-state index in [-0.39, 0.29) is 0 Å². The summed E-state index contributed by atoms with van der Waals surface area (Å²) in [6.45, 7) is 3.02. The van der Waals surface area contributed by atoms with Crippen LogP contribution in [0.5, 0.6) is 11.5 Å². The number of nitrogens with one attached hydrogen (secondary N) is 1. The number of hydrogen-bond acceptors (Lipinski definition) is 4. The molecule has 0 bridgehead atoms. The van der Waals surface area contributed by atoms with Gasteiger partial charge >= 0.3 is 0 Å². The van der Waals surface area contributed by atoms with Gasteiger partial charge in [-0.05, 0) is 31.5 Å². The van der Waals surface area contributed by atoms with Crippen LogP contribution in [0.3, 0.4) is 0 Å². The molecule has 0 aromatic heterocycles. The van der Waals surface area contributed by atoms with E-state index in [4.69, 9.17) is 15.2 Å². The van der Waals surface area contributed by atoms with Crippen LogP contribution in [0.4, 0.5) is 5.69 Å². The Morgan fingerprint density at radius 1 is 1.06 bits per heavy atom. The summed E-state index contributed by atoms with van der Waals surface area (Å²) in [5.74, 6) is 1.67. The molecule has 1 aliphatic heterocycles. The summed E-state index contributed by atoms with van der Waals surface area (Å²) in [6, 6.07) is 5.98. The average Bonchev–Trinajstić information content (AvgIpc) is 2.38. The number of fused-ring (bicyclic) bond motifs is 1. The first-order chi connectivity index (χ1) is 8.40. The van der Waals surface area contributed by atoms with E-state index >= 15 is 0 Å². The molecular weight excluding hydrogens is 216 g/mol. The number of rotatable bonds is 6. The van der Waals surface area contributed by atoms with Crippen LogP contribution in [0.2, 0.25) is 0 Å². The van der Waals surface area contributed by atoms with Gasteiger partial charge in [0, 0.05) is 18.3 Å². The molecule has 4 nitrogen and oxygen atoms in total. The first-order valence-corrected chi connectivity index (χ1v) is 6.24. The Morgan fingerprint density at radius 2 is 1.88 bits per heavy atom. The number of benzene rings is 1. The van der Waals surface area contributed by atoms with E-state index in [1.807, 2.05) is 18.2 Å². The molecule has 4 heteroatoms. The lowest BCUT2D eigenvalue weighted by Crippen LogP contribution is -2.15. The van der Waals surface area contributed by atoms with Gasteiger partial charge < -0.3 is 20.5 Å². The summed E-state index contributed by atoms with van der Waals surface area (Å²) in [7, 11) is 0. The molecule has 0 saturated heterocycles. The second-order valence-corrected chi connectivity index (χ2v) is 4.13. The first kappa shape index (κ1) is 12.0. The molecule has 2 rings (SSSR count). The summed E-state index contributed by atoms with van der Waals surface area (Å²) >= 11 is 0. The van der Waals surface area contributed by atoms with Crippen molar-refractivity contribution >= 4 is 5.69 Å². The molecule has 0 spiro atoms. The zero-order chi connectivity index (χ0) is 11.9. The zero-order valence-electron chi connectivity index (χ0n) is 10.1. The lowest BCUT2D eigenvalue weighted by atomic mass is 10.2. The van der Waals surface area contributed by atoms with Crippen LogP contribution >= 0.6 is 0 Å². The average molecular weight is 236 g/mol. The van der Waals surface area contributed by atoms with E-state index in [1.165, 1.54) is 6.42 Å². The third-order valence-corrected chi connectivity index (χ3v) is 2.75. The topological polar surface area (TPSA) is 56.5 Å². The van der Waals surface area contributed by atoms with E-state index in [0.717, 1.165) is 43.1 Å². The first-order valence-electron chi connectivity index (χ1n) is 6.24. The largest absolute Gasteiger partial charge is 0.486 e. The van der Waals surface area contributed by atoms with Crippen LogP contribution < -0.4 is 20.5 Å². The lowest BCUT2D eigenvalue weighted by Gasteiger charge is -2.19. The molecule has 0 unspecified atom stereocenters.